The summed E-state index contributed by atoms with van der Waals surface area (Å²) in [7, 11) is 0.388. The summed E-state index contributed by atoms with van der Waals surface area (Å²) in [6.07, 6.45) is 0. The largest absolute Gasteiger partial charge is 0.348 e. The van der Waals surface area contributed by atoms with Crippen LogP contribution in [-0.2, 0) is 14.6 Å². The lowest BCUT2D eigenvalue weighted by Crippen LogP contribution is -2.39. The van der Waals surface area contributed by atoms with Gasteiger partial charge < -0.3 is 9.80 Å². The SMILES string of the molecule is CN(C)C(=O)CSC1=N[C@@H]2CS(=O)(=O)C[C@@H]2N1c1ccccc1. The van der Waals surface area contributed by atoms with E-state index in [4.69, 9.17) is 0 Å². The summed E-state index contributed by atoms with van der Waals surface area (Å²) in [6.45, 7) is 0. The van der Waals surface area contributed by atoms with Crippen LogP contribution in [0.5, 0.6) is 0 Å². The van der Waals surface area contributed by atoms with E-state index in [0.717, 1.165) is 10.9 Å². The number of carbonyl (C=O) groups excluding carboxylic acids is 1. The van der Waals surface area contributed by atoms with Gasteiger partial charge in [0.2, 0.25) is 5.91 Å². The van der Waals surface area contributed by atoms with Crippen molar-refractivity contribution in [1.29, 1.82) is 0 Å². The monoisotopic (exact) mass is 353 g/mol. The maximum absolute atomic E-state index is 11.9. The van der Waals surface area contributed by atoms with Crippen LogP contribution in [-0.4, -0.2) is 67.8 Å². The standard InChI is InChI=1S/C15H19N3O3S2/c1-17(2)14(19)8-22-15-16-12-9-23(20,21)10-13(12)18(15)11-6-4-3-5-7-11/h3-7,12-13H,8-10H2,1-2H3/t12-,13+/m1/s1. The molecule has 1 amide bonds. The van der Waals surface area contributed by atoms with Gasteiger partial charge in [-0.2, -0.15) is 0 Å². The van der Waals surface area contributed by atoms with Gasteiger partial charge in [-0.25, -0.2) is 8.42 Å². The predicted octanol–water partition coefficient (Wildman–Crippen LogP) is 0.850. The third-order valence-electron chi connectivity index (χ3n) is 3.97. The number of aliphatic imine (C=N–C) groups is 1. The summed E-state index contributed by atoms with van der Waals surface area (Å²) >= 11 is 1.37. The van der Waals surface area contributed by atoms with Gasteiger partial charge in [0.05, 0.1) is 29.3 Å². The van der Waals surface area contributed by atoms with E-state index in [9.17, 15) is 13.2 Å². The number of fused-ring (bicyclic) bond motifs is 1. The van der Waals surface area contributed by atoms with Gasteiger partial charge in [0.15, 0.2) is 15.0 Å². The molecule has 1 fully saturated rings. The average molecular weight is 353 g/mol. The molecule has 1 aromatic rings. The Balaban J connectivity index is 1.86. The molecule has 8 heteroatoms. The van der Waals surface area contributed by atoms with Crippen LogP contribution in [0, 0.1) is 0 Å². The van der Waals surface area contributed by atoms with Crippen molar-refractivity contribution in [2.45, 2.75) is 12.1 Å². The molecule has 0 aliphatic carbocycles. The summed E-state index contributed by atoms with van der Waals surface area (Å²) in [5, 5.41) is 0.733. The Hall–Kier alpha value is -1.54. The molecular formula is C15H19N3O3S2. The Morgan fingerprint density at radius 1 is 1.30 bits per heavy atom. The lowest BCUT2D eigenvalue weighted by molar-refractivity contribution is -0.125. The molecule has 0 bridgehead atoms. The summed E-state index contributed by atoms with van der Waals surface area (Å²) in [5.41, 5.74) is 0.917. The fraction of sp³-hybridized carbons (Fsp3) is 0.467. The molecule has 0 spiro atoms. The van der Waals surface area contributed by atoms with Crippen LogP contribution in [0.15, 0.2) is 35.3 Å². The van der Waals surface area contributed by atoms with Crippen LogP contribution in [0.4, 0.5) is 5.69 Å². The summed E-state index contributed by atoms with van der Waals surface area (Å²) in [4.78, 5) is 19.9. The van der Waals surface area contributed by atoms with Gasteiger partial charge in [-0.15, -0.1) is 0 Å². The van der Waals surface area contributed by atoms with Crippen molar-refractivity contribution >= 4 is 38.4 Å². The molecule has 2 heterocycles. The number of nitrogens with zero attached hydrogens (tertiary/aromatic N) is 3. The Kier molecular flexibility index (Phi) is 4.37. The number of carbonyl (C=O) groups is 1. The number of amidine groups is 1. The first kappa shape index (κ1) is 16.3. The highest BCUT2D eigenvalue weighted by atomic mass is 32.2. The maximum atomic E-state index is 11.9. The Morgan fingerprint density at radius 3 is 2.65 bits per heavy atom. The molecule has 0 N–H and O–H groups in total. The first-order valence-electron chi connectivity index (χ1n) is 7.33. The van der Waals surface area contributed by atoms with E-state index in [2.05, 4.69) is 4.99 Å². The lowest BCUT2D eigenvalue weighted by atomic mass is 10.1. The zero-order valence-electron chi connectivity index (χ0n) is 13.0. The van der Waals surface area contributed by atoms with Crippen LogP contribution in [0.25, 0.3) is 0 Å². The Morgan fingerprint density at radius 2 is 2.00 bits per heavy atom. The topological polar surface area (TPSA) is 70.0 Å². The van der Waals surface area contributed by atoms with E-state index in [1.807, 2.05) is 35.2 Å². The molecule has 0 radical (unpaired) electrons. The lowest BCUT2D eigenvalue weighted by Gasteiger charge is -2.26. The van der Waals surface area contributed by atoms with Gasteiger partial charge >= 0.3 is 0 Å². The minimum Gasteiger partial charge on any atom is -0.348 e. The van der Waals surface area contributed by atoms with Crippen molar-refractivity contribution in [2.75, 3.05) is 36.3 Å². The number of thioether (sulfide) groups is 1. The van der Waals surface area contributed by atoms with E-state index in [0.29, 0.717) is 5.75 Å². The number of anilines is 1. The molecule has 3 rings (SSSR count). The van der Waals surface area contributed by atoms with E-state index in [1.54, 1.807) is 19.0 Å². The molecule has 23 heavy (non-hydrogen) atoms. The smallest absolute Gasteiger partial charge is 0.232 e. The fourth-order valence-electron chi connectivity index (χ4n) is 2.78. The number of rotatable bonds is 3. The number of sulfone groups is 1. The zero-order valence-corrected chi connectivity index (χ0v) is 14.7. The van der Waals surface area contributed by atoms with Gasteiger partial charge in [0.25, 0.3) is 0 Å². The van der Waals surface area contributed by atoms with E-state index >= 15 is 0 Å². The number of benzene rings is 1. The van der Waals surface area contributed by atoms with Crippen LogP contribution in [0.2, 0.25) is 0 Å². The van der Waals surface area contributed by atoms with Gasteiger partial charge in [0.1, 0.15) is 0 Å². The van der Waals surface area contributed by atoms with Crippen LogP contribution in [0.3, 0.4) is 0 Å². The number of amides is 1. The van der Waals surface area contributed by atoms with Crippen LogP contribution < -0.4 is 4.90 Å². The van der Waals surface area contributed by atoms with Crippen molar-refractivity contribution in [1.82, 2.24) is 4.90 Å². The van der Waals surface area contributed by atoms with Crippen LogP contribution in [0.1, 0.15) is 0 Å². The van der Waals surface area contributed by atoms with E-state index in [1.165, 1.54) is 11.8 Å². The molecule has 1 aromatic carbocycles. The molecule has 0 unspecified atom stereocenters. The van der Waals surface area contributed by atoms with E-state index < -0.39 is 9.84 Å². The van der Waals surface area contributed by atoms with Gasteiger partial charge in [-0.05, 0) is 12.1 Å². The molecular weight excluding hydrogens is 334 g/mol. The number of hydrogen-bond donors (Lipinski definition) is 0. The highest BCUT2D eigenvalue weighted by Gasteiger charge is 2.47. The van der Waals surface area contributed by atoms with Crippen molar-refractivity contribution in [3.05, 3.63) is 30.3 Å². The molecule has 124 valence electrons. The van der Waals surface area contributed by atoms with Gasteiger partial charge in [-0.3, -0.25) is 9.79 Å². The van der Waals surface area contributed by atoms with Crippen molar-refractivity contribution in [3.63, 3.8) is 0 Å². The third-order valence-corrected chi connectivity index (χ3v) is 6.62. The fourth-order valence-corrected chi connectivity index (χ4v) is 5.72. The second kappa shape index (κ2) is 6.16. The Bertz CT molecular complexity index is 732. The second-order valence-corrected chi connectivity index (χ2v) is 9.00. The van der Waals surface area contributed by atoms with Gasteiger partial charge in [-0.1, -0.05) is 30.0 Å². The van der Waals surface area contributed by atoms with Crippen LogP contribution >= 0.6 is 11.8 Å². The predicted molar refractivity (Wildman–Crippen MR) is 93.7 cm³/mol. The average Bonchev–Trinajstić information content (AvgIpc) is 2.96. The summed E-state index contributed by atoms with van der Waals surface area (Å²) in [5.74, 6) is 0.505. The zero-order chi connectivity index (χ0) is 16.6. The minimum atomic E-state index is -3.05. The summed E-state index contributed by atoms with van der Waals surface area (Å²) < 4.78 is 23.8. The number of hydrogen-bond acceptors (Lipinski definition) is 6. The molecule has 0 saturated carbocycles. The Labute approximate surface area is 140 Å². The minimum absolute atomic E-state index is 0.00962. The normalized spacial score (nSPS) is 25.1. The summed E-state index contributed by atoms with van der Waals surface area (Å²) in [6, 6.07) is 9.23. The quantitative estimate of drug-likeness (QED) is 0.806. The second-order valence-electron chi connectivity index (χ2n) is 5.91. The number of para-hydroxylation sites is 1. The first-order chi connectivity index (χ1) is 10.9. The molecule has 2 aliphatic rings. The molecule has 0 aromatic heterocycles. The van der Waals surface area contributed by atoms with E-state index in [-0.39, 0.29) is 29.5 Å². The highest BCUT2D eigenvalue weighted by Crippen LogP contribution is 2.34. The van der Waals surface area contributed by atoms with Crippen molar-refractivity contribution in [2.24, 2.45) is 4.99 Å². The molecule has 1 saturated heterocycles. The first-order valence-corrected chi connectivity index (χ1v) is 10.1. The third kappa shape index (κ3) is 3.37. The van der Waals surface area contributed by atoms with Crippen molar-refractivity contribution < 1.29 is 13.2 Å². The maximum Gasteiger partial charge on any atom is 0.232 e. The molecule has 6 nitrogen and oxygen atoms in total. The molecule has 2 atom stereocenters. The van der Waals surface area contributed by atoms with Gasteiger partial charge in [0, 0.05) is 19.8 Å². The van der Waals surface area contributed by atoms with Crippen molar-refractivity contribution in [3.8, 4) is 0 Å². The molecule has 2 aliphatic heterocycles. The highest BCUT2D eigenvalue weighted by molar-refractivity contribution is 8.14.